The van der Waals surface area contributed by atoms with Crippen molar-refractivity contribution in [2.24, 2.45) is 5.92 Å². The molecule has 1 saturated heterocycles. The lowest BCUT2D eigenvalue weighted by Gasteiger charge is -2.32. The van der Waals surface area contributed by atoms with Crippen molar-refractivity contribution in [1.82, 2.24) is 20.2 Å². The maximum atomic E-state index is 12.6. The summed E-state index contributed by atoms with van der Waals surface area (Å²) in [5, 5.41) is 2.85. The standard InChI is InChI=1S/C19H22N4O2/c1-14(24)20-11-15-7-9-23(10-8-15)19(25)17-12-21-18(22-13-17)16-5-3-2-4-6-16/h2-6,12-13,15H,7-11H2,1H3,(H,20,24). The van der Waals surface area contributed by atoms with Crippen LogP contribution >= 0.6 is 0 Å². The molecule has 1 aromatic heterocycles. The van der Waals surface area contributed by atoms with Crippen LogP contribution in [0.4, 0.5) is 0 Å². The second kappa shape index (κ2) is 7.88. The molecule has 1 aliphatic rings. The Balaban J connectivity index is 1.58. The van der Waals surface area contributed by atoms with Crippen LogP contribution < -0.4 is 5.32 Å². The molecular weight excluding hydrogens is 316 g/mol. The SMILES string of the molecule is CC(=O)NCC1CCN(C(=O)c2cnc(-c3ccccc3)nc2)CC1. The van der Waals surface area contributed by atoms with Crippen LogP contribution in [0, 0.1) is 5.92 Å². The van der Waals surface area contributed by atoms with E-state index >= 15 is 0 Å². The van der Waals surface area contributed by atoms with Crippen molar-refractivity contribution in [3.63, 3.8) is 0 Å². The third kappa shape index (κ3) is 4.41. The van der Waals surface area contributed by atoms with E-state index < -0.39 is 0 Å². The molecule has 0 aliphatic carbocycles. The Hall–Kier alpha value is -2.76. The van der Waals surface area contributed by atoms with Gasteiger partial charge < -0.3 is 10.2 Å². The molecule has 2 heterocycles. The fourth-order valence-electron chi connectivity index (χ4n) is 2.99. The van der Waals surface area contributed by atoms with Crippen LogP contribution in [0.2, 0.25) is 0 Å². The lowest BCUT2D eigenvalue weighted by molar-refractivity contribution is -0.119. The van der Waals surface area contributed by atoms with Gasteiger partial charge in [-0.25, -0.2) is 9.97 Å². The Kier molecular flexibility index (Phi) is 5.38. The Morgan fingerprint density at radius 1 is 1.12 bits per heavy atom. The topological polar surface area (TPSA) is 75.2 Å². The number of piperidine rings is 1. The first-order valence-corrected chi connectivity index (χ1v) is 8.54. The van der Waals surface area contributed by atoms with E-state index in [2.05, 4.69) is 15.3 Å². The van der Waals surface area contributed by atoms with E-state index in [1.54, 1.807) is 12.4 Å². The van der Waals surface area contributed by atoms with Gasteiger partial charge in [0.05, 0.1) is 5.56 Å². The number of carbonyl (C=O) groups excluding carboxylic acids is 2. The number of rotatable bonds is 4. The number of likely N-dealkylation sites (tertiary alicyclic amines) is 1. The van der Waals surface area contributed by atoms with Gasteiger partial charge in [-0.1, -0.05) is 30.3 Å². The first-order chi connectivity index (χ1) is 12.1. The van der Waals surface area contributed by atoms with Crippen LogP contribution in [0.5, 0.6) is 0 Å². The number of carbonyl (C=O) groups is 2. The van der Waals surface area contributed by atoms with Crippen LogP contribution in [0.25, 0.3) is 11.4 Å². The molecule has 0 bridgehead atoms. The number of aromatic nitrogens is 2. The average Bonchev–Trinajstić information content (AvgIpc) is 2.67. The van der Waals surface area contributed by atoms with E-state index in [4.69, 9.17) is 0 Å². The molecule has 0 spiro atoms. The third-order valence-electron chi connectivity index (χ3n) is 4.47. The molecule has 0 atom stereocenters. The van der Waals surface area contributed by atoms with Crippen LogP contribution in [0.3, 0.4) is 0 Å². The van der Waals surface area contributed by atoms with Crippen molar-refractivity contribution in [2.45, 2.75) is 19.8 Å². The van der Waals surface area contributed by atoms with Crippen molar-refractivity contribution in [3.05, 3.63) is 48.3 Å². The molecule has 6 heteroatoms. The van der Waals surface area contributed by atoms with Crippen molar-refractivity contribution < 1.29 is 9.59 Å². The summed E-state index contributed by atoms with van der Waals surface area (Å²) in [6.07, 6.45) is 4.99. The van der Waals surface area contributed by atoms with E-state index in [1.165, 1.54) is 6.92 Å². The number of hydrogen-bond acceptors (Lipinski definition) is 4. The monoisotopic (exact) mass is 338 g/mol. The molecule has 25 heavy (non-hydrogen) atoms. The number of amides is 2. The summed E-state index contributed by atoms with van der Waals surface area (Å²) in [6, 6.07) is 9.69. The largest absolute Gasteiger partial charge is 0.356 e. The molecular formula is C19H22N4O2. The van der Waals surface area contributed by atoms with Gasteiger partial charge in [0.2, 0.25) is 5.91 Å². The lowest BCUT2D eigenvalue weighted by atomic mass is 9.96. The number of hydrogen-bond donors (Lipinski definition) is 1. The van der Waals surface area contributed by atoms with E-state index in [0.717, 1.165) is 18.4 Å². The zero-order valence-corrected chi connectivity index (χ0v) is 14.3. The highest BCUT2D eigenvalue weighted by Crippen LogP contribution is 2.19. The van der Waals surface area contributed by atoms with Crippen molar-refractivity contribution in [2.75, 3.05) is 19.6 Å². The molecule has 0 saturated carbocycles. The Morgan fingerprint density at radius 2 is 1.76 bits per heavy atom. The quantitative estimate of drug-likeness (QED) is 0.927. The zero-order valence-electron chi connectivity index (χ0n) is 14.3. The van der Waals surface area contributed by atoms with E-state index in [9.17, 15) is 9.59 Å². The highest BCUT2D eigenvalue weighted by atomic mass is 16.2. The minimum absolute atomic E-state index is 0.00541. The molecule has 1 N–H and O–H groups in total. The van der Waals surface area contributed by atoms with Crippen molar-refractivity contribution in [3.8, 4) is 11.4 Å². The molecule has 1 fully saturated rings. The van der Waals surface area contributed by atoms with Crippen LogP contribution in [-0.2, 0) is 4.79 Å². The fourth-order valence-corrected chi connectivity index (χ4v) is 2.99. The van der Waals surface area contributed by atoms with Crippen molar-refractivity contribution in [1.29, 1.82) is 0 Å². The Morgan fingerprint density at radius 3 is 2.36 bits per heavy atom. The van der Waals surface area contributed by atoms with Gasteiger partial charge in [-0.3, -0.25) is 9.59 Å². The number of nitrogens with zero attached hydrogens (tertiary/aromatic N) is 3. The summed E-state index contributed by atoms with van der Waals surface area (Å²) in [5.41, 5.74) is 1.44. The summed E-state index contributed by atoms with van der Waals surface area (Å²) >= 11 is 0. The Bertz CT molecular complexity index is 723. The van der Waals surface area contributed by atoms with E-state index in [1.807, 2.05) is 35.2 Å². The summed E-state index contributed by atoms with van der Waals surface area (Å²) in [5.74, 6) is 1.02. The molecule has 1 aliphatic heterocycles. The predicted molar refractivity (Wildman–Crippen MR) is 94.8 cm³/mol. The summed E-state index contributed by atoms with van der Waals surface area (Å²) < 4.78 is 0. The molecule has 2 aromatic rings. The van der Waals surface area contributed by atoms with Gasteiger partial charge in [-0.05, 0) is 18.8 Å². The first-order valence-electron chi connectivity index (χ1n) is 8.54. The summed E-state index contributed by atoms with van der Waals surface area (Å²) in [4.78, 5) is 34.1. The summed E-state index contributed by atoms with van der Waals surface area (Å²) in [6.45, 7) is 3.61. The lowest BCUT2D eigenvalue weighted by Crippen LogP contribution is -2.41. The highest BCUT2D eigenvalue weighted by molar-refractivity contribution is 5.93. The molecule has 0 radical (unpaired) electrons. The molecule has 3 rings (SSSR count). The van der Waals surface area contributed by atoms with Gasteiger partial charge in [0, 0.05) is 44.5 Å². The van der Waals surface area contributed by atoms with E-state index in [-0.39, 0.29) is 11.8 Å². The number of nitrogens with one attached hydrogen (secondary N) is 1. The molecule has 2 amide bonds. The second-order valence-corrected chi connectivity index (χ2v) is 6.33. The predicted octanol–water partition coefficient (Wildman–Crippen LogP) is 2.13. The number of benzene rings is 1. The average molecular weight is 338 g/mol. The molecule has 0 unspecified atom stereocenters. The van der Waals surface area contributed by atoms with Gasteiger partial charge in [-0.2, -0.15) is 0 Å². The first kappa shape index (κ1) is 17.1. The van der Waals surface area contributed by atoms with Gasteiger partial charge in [-0.15, -0.1) is 0 Å². The summed E-state index contributed by atoms with van der Waals surface area (Å²) in [7, 11) is 0. The maximum absolute atomic E-state index is 12.6. The zero-order chi connectivity index (χ0) is 17.6. The molecule has 1 aromatic carbocycles. The van der Waals surface area contributed by atoms with Gasteiger partial charge in [0.25, 0.3) is 5.91 Å². The van der Waals surface area contributed by atoms with Crippen molar-refractivity contribution >= 4 is 11.8 Å². The normalized spacial score (nSPS) is 15.0. The third-order valence-corrected chi connectivity index (χ3v) is 4.47. The smallest absolute Gasteiger partial charge is 0.256 e. The minimum atomic E-state index is -0.0300. The highest BCUT2D eigenvalue weighted by Gasteiger charge is 2.24. The Labute approximate surface area is 147 Å². The van der Waals surface area contributed by atoms with Gasteiger partial charge >= 0.3 is 0 Å². The fraction of sp³-hybridized carbons (Fsp3) is 0.368. The maximum Gasteiger partial charge on any atom is 0.256 e. The van der Waals surface area contributed by atoms with Crippen LogP contribution in [0.15, 0.2) is 42.7 Å². The molecule has 130 valence electrons. The van der Waals surface area contributed by atoms with Crippen LogP contribution in [-0.4, -0.2) is 46.3 Å². The van der Waals surface area contributed by atoms with Gasteiger partial charge in [0.1, 0.15) is 0 Å². The second-order valence-electron chi connectivity index (χ2n) is 6.33. The minimum Gasteiger partial charge on any atom is -0.356 e. The van der Waals surface area contributed by atoms with Gasteiger partial charge in [0.15, 0.2) is 5.82 Å². The van der Waals surface area contributed by atoms with Crippen LogP contribution in [0.1, 0.15) is 30.1 Å². The molecule has 6 nitrogen and oxygen atoms in total. The van der Waals surface area contributed by atoms with E-state index in [0.29, 0.717) is 36.9 Å².